The van der Waals surface area contributed by atoms with Crippen molar-refractivity contribution in [3.05, 3.63) is 35.4 Å². The lowest BCUT2D eigenvalue weighted by Gasteiger charge is -2.18. The molecule has 1 unspecified atom stereocenters. The van der Waals surface area contributed by atoms with Crippen LogP contribution in [0.15, 0.2) is 24.3 Å². The van der Waals surface area contributed by atoms with Crippen molar-refractivity contribution in [3.8, 4) is 0 Å². The monoisotopic (exact) mass is 263 g/mol. The molecule has 0 aromatic heterocycles. The molecule has 2 nitrogen and oxygen atoms in total. The molecule has 0 radical (unpaired) electrons. The van der Waals surface area contributed by atoms with Crippen LogP contribution in [0.5, 0.6) is 0 Å². The zero-order valence-corrected chi connectivity index (χ0v) is 13.1. The molecule has 108 valence electrons. The van der Waals surface area contributed by atoms with E-state index < -0.39 is 0 Å². The Labute approximate surface area is 118 Å². The van der Waals surface area contributed by atoms with Crippen LogP contribution in [-0.2, 0) is 11.2 Å². The van der Waals surface area contributed by atoms with Crippen LogP contribution in [0.2, 0.25) is 0 Å². The number of benzene rings is 1. The number of hydrogen-bond donors (Lipinski definition) is 1. The smallest absolute Gasteiger partial charge is 0.0661 e. The van der Waals surface area contributed by atoms with Gasteiger partial charge in [-0.3, -0.25) is 0 Å². The van der Waals surface area contributed by atoms with Crippen molar-refractivity contribution in [1.82, 2.24) is 5.32 Å². The summed E-state index contributed by atoms with van der Waals surface area (Å²) in [7, 11) is 1.99. The third-order valence-corrected chi connectivity index (χ3v) is 3.11. The van der Waals surface area contributed by atoms with Gasteiger partial charge in [0.1, 0.15) is 0 Å². The largest absolute Gasteiger partial charge is 0.379 e. The number of ether oxygens (including phenoxy) is 1. The van der Waals surface area contributed by atoms with Gasteiger partial charge in [-0.25, -0.2) is 0 Å². The molecule has 1 rings (SSSR count). The minimum absolute atomic E-state index is 0.284. The maximum Gasteiger partial charge on any atom is 0.0661 e. The lowest BCUT2D eigenvalue weighted by Crippen LogP contribution is -2.22. The third kappa shape index (κ3) is 6.22. The van der Waals surface area contributed by atoms with Crippen LogP contribution in [0.1, 0.15) is 44.9 Å². The molecular formula is C17H29NO. The van der Waals surface area contributed by atoms with E-state index in [2.05, 4.69) is 57.3 Å². The van der Waals surface area contributed by atoms with Gasteiger partial charge in [-0.05, 0) is 36.4 Å². The van der Waals surface area contributed by atoms with E-state index in [1.165, 1.54) is 11.1 Å². The molecule has 0 saturated carbocycles. The number of likely N-dealkylation sites (N-methyl/N-ethyl adjacent to an activating group) is 1. The van der Waals surface area contributed by atoms with Crippen LogP contribution >= 0.6 is 0 Å². The summed E-state index contributed by atoms with van der Waals surface area (Å²) in [6, 6.07) is 9.20. The molecule has 0 heterocycles. The van der Waals surface area contributed by atoms with Crippen LogP contribution in [-0.4, -0.2) is 20.3 Å². The normalized spacial score (nSPS) is 13.2. The SMILES string of the molecule is CNC(COCC(C)C)c1ccc(CC(C)C)cc1. The first-order valence-electron chi connectivity index (χ1n) is 7.36. The molecule has 0 amide bonds. The highest BCUT2D eigenvalue weighted by Gasteiger charge is 2.10. The molecular weight excluding hydrogens is 234 g/mol. The molecule has 0 aliphatic rings. The van der Waals surface area contributed by atoms with Gasteiger partial charge in [-0.2, -0.15) is 0 Å². The van der Waals surface area contributed by atoms with Crippen LogP contribution in [0.4, 0.5) is 0 Å². The van der Waals surface area contributed by atoms with E-state index in [9.17, 15) is 0 Å². The molecule has 0 aliphatic carbocycles. The first kappa shape index (κ1) is 16.2. The van der Waals surface area contributed by atoms with E-state index in [1.807, 2.05) is 7.05 Å². The Hall–Kier alpha value is -0.860. The molecule has 19 heavy (non-hydrogen) atoms. The van der Waals surface area contributed by atoms with Crippen LogP contribution in [0.3, 0.4) is 0 Å². The topological polar surface area (TPSA) is 21.3 Å². The fourth-order valence-corrected chi connectivity index (χ4v) is 2.13. The van der Waals surface area contributed by atoms with E-state index in [0.29, 0.717) is 11.8 Å². The summed E-state index contributed by atoms with van der Waals surface area (Å²) in [5, 5.41) is 3.33. The Bertz CT molecular complexity index is 343. The molecule has 1 N–H and O–H groups in total. The van der Waals surface area contributed by atoms with Crippen molar-refractivity contribution in [2.75, 3.05) is 20.3 Å². The Morgan fingerprint density at radius 1 is 0.947 bits per heavy atom. The highest BCUT2D eigenvalue weighted by Crippen LogP contribution is 2.16. The van der Waals surface area contributed by atoms with Crippen molar-refractivity contribution in [2.45, 2.75) is 40.2 Å². The van der Waals surface area contributed by atoms with Gasteiger partial charge in [0.2, 0.25) is 0 Å². The van der Waals surface area contributed by atoms with E-state index in [-0.39, 0.29) is 6.04 Å². The summed E-state index contributed by atoms with van der Waals surface area (Å²) in [5.41, 5.74) is 2.72. The van der Waals surface area contributed by atoms with E-state index >= 15 is 0 Å². The van der Waals surface area contributed by atoms with Gasteiger partial charge in [-0.15, -0.1) is 0 Å². The van der Waals surface area contributed by atoms with Crippen molar-refractivity contribution in [2.24, 2.45) is 11.8 Å². The van der Waals surface area contributed by atoms with E-state index in [4.69, 9.17) is 4.74 Å². The Morgan fingerprint density at radius 2 is 1.58 bits per heavy atom. The van der Waals surface area contributed by atoms with Gasteiger partial charge >= 0.3 is 0 Å². The number of nitrogens with one attached hydrogen (secondary N) is 1. The minimum atomic E-state index is 0.284. The zero-order chi connectivity index (χ0) is 14.3. The summed E-state index contributed by atoms with van der Waals surface area (Å²) in [6.45, 7) is 10.4. The standard InChI is InChI=1S/C17H29NO/c1-13(2)10-15-6-8-16(9-7-15)17(18-5)12-19-11-14(3)4/h6-9,13-14,17-18H,10-12H2,1-5H3. The van der Waals surface area contributed by atoms with Crippen LogP contribution < -0.4 is 5.32 Å². The van der Waals surface area contributed by atoms with Gasteiger partial charge in [0.15, 0.2) is 0 Å². The Morgan fingerprint density at radius 3 is 2.05 bits per heavy atom. The summed E-state index contributed by atoms with van der Waals surface area (Å²) < 4.78 is 5.73. The zero-order valence-electron chi connectivity index (χ0n) is 13.1. The highest BCUT2D eigenvalue weighted by molar-refractivity contribution is 5.25. The number of hydrogen-bond acceptors (Lipinski definition) is 2. The second-order valence-corrected chi connectivity index (χ2v) is 6.11. The van der Waals surface area contributed by atoms with Gasteiger partial charge < -0.3 is 10.1 Å². The summed E-state index contributed by atoms with van der Waals surface area (Å²) in [4.78, 5) is 0. The second-order valence-electron chi connectivity index (χ2n) is 6.11. The lowest BCUT2D eigenvalue weighted by molar-refractivity contribution is 0.0919. The second kappa shape index (κ2) is 8.34. The average Bonchev–Trinajstić information content (AvgIpc) is 2.35. The molecule has 0 saturated heterocycles. The summed E-state index contributed by atoms with van der Waals surface area (Å²) >= 11 is 0. The maximum atomic E-state index is 5.73. The summed E-state index contributed by atoms with van der Waals surface area (Å²) in [6.07, 6.45) is 1.15. The molecule has 2 heteroatoms. The third-order valence-electron chi connectivity index (χ3n) is 3.11. The fraction of sp³-hybridized carbons (Fsp3) is 0.647. The predicted molar refractivity (Wildman–Crippen MR) is 82.4 cm³/mol. The first-order chi connectivity index (χ1) is 9.02. The molecule has 0 fully saturated rings. The van der Waals surface area contributed by atoms with Gasteiger partial charge in [0, 0.05) is 6.61 Å². The fourth-order valence-electron chi connectivity index (χ4n) is 2.13. The van der Waals surface area contributed by atoms with Crippen molar-refractivity contribution >= 4 is 0 Å². The Balaban J connectivity index is 2.55. The van der Waals surface area contributed by atoms with Crippen molar-refractivity contribution in [3.63, 3.8) is 0 Å². The molecule has 0 bridgehead atoms. The van der Waals surface area contributed by atoms with Crippen LogP contribution in [0.25, 0.3) is 0 Å². The maximum absolute atomic E-state index is 5.73. The molecule has 1 aromatic carbocycles. The molecule has 1 aromatic rings. The molecule has 0 spiro atoms. The Kier molecular flexibility index (Phi) is 7.11. The lowest BCUT2D eigenvalue weighted by atomic mass is 9.99. The van der Waals surface area contributed by atoms with Crippen molar-refractivity contribution in [1.29, 1.82) is 0 Å². The van der Waals surface area contributed by atoms with Crippen molar-refractivity contribution < 1.29 is 4.74 Å². The summed E-state index contributed by atoms with van der Waals surface area (Å²) in [5.74, 6) is 1.30. The van der Waals surface area contributed by atoms with E-state index in [1.54, 1.807) is 0 Å². The first-order valence-corrected chi connectivity index (χ1v) is 7.36. The number of rotatable bonds is 8. The average molecular weight is 263 g/mol. The quantitative estimate of drug-likeness (QED) is 0.770. The minimum Gasteiger partial charge on any atom is -0.379 e. The van der Waals surface area contributed by atoms with Gasteiger partial charge in [0.05, 0.1) is 12.6 Å². The highest BCUT2D eigenvalue weighted by atomic mass is 16.5. The van der Waals surface area contributed by atoms with E-state index in [0.717, 1.165) is 19.6 Å². The van der Waals surface area contributed by atoms with Crippen LogP contribution in [0, 0.1) is 11.8 Å². The van der Waals surface area contributed by atoms with Gasteiger partial charge in [0.25, 0.3) is 0 Å². The molecule has 0 aliphatic heterocycles. The molecule has 1 atom stereocenters. The van der Waals surface area contributed by atoms with Gasteiger partial charge in [-0.1, -0.05) is 52.0 Å². The predicted octanol–water partition coefficient (Wildman–Crippen LogP) is 3.82.